The fourth-order valence-electron chi connectivity index (χ4n) is 4.97. The van der Waals surface area contributed by atoms with E-state index in [9.17, 15) is 9.59 Å². The lowest BCUT2D eigenvalue weighted by molar-refractivity contribution is -0.127. The van der Waals surface area contributed by atoms with Crippen molar-refractivity contribution in [2.75, 3.05) is 4.90 Å². The van der Waals surface area contributed by atoms with E-state index in [1.54, 1.807) is 41.5 Å². The van der Waals surface area contributed by atoms with Gasteiger partial charge in [-0.1, -0.05) is 37.3 Å². The van der Waals surface area contributed by atoms with Gasteiger partial charge in [-0.2, -0.15) is 0 Å². The van der Waals surface area contributed by atoms with Crippen molar-refractivity contribution in [1.29, 1.82) is 0 Å². The van der Waals surface area contributed by atoms with Crippen LogP contribution in [0.1, 0.15) is 55.9 Å². The zero-order valence-corrected chi connectivity index (χ0v) is 18.3. The van der Waals surface area contributed by atoms with E-state index in [2.05, 4.69) is 5.32 Å². The molecular weight excluding hydrogens is 414 g/mol. The number of rotatable bonds is 3. The van der Waals surface area contributed by atoms with E-state index in [-0.39, 0.29) is 17.9 Å². The molecule has 1 aliphatic heterocycles. The van der Waals surface area contributed by atoms with Crippen LogP contribution in [0.3, 0.4) is 0 Å². The van der Waals surface area contributed by atoms with Crippen molar-refractivity contribution >= 4 is 40.2 Å². The van der Waals surface area contributed by atoms with Gasteiger partial charge in [-0.15, -0.1) is 0 Å². The third-order valence-electron chi connectivity index (χ3n) is 6.67. The number of nitrogens with one attached hydrogen (secondary N) is 1. The van der Waals surface area contributed by atoms with Gasteiger partial charge >= 0.3 is 0 Å². The molecule has 2 amide bonds. The summed E-state index contributed by atoms with van der Waals surface area (Å²) in [5, 5.41) is 3.85. The highest BCUT2D eigenvalue weighted by Gasteiger charge is 2.49. The summed E-state index contributed by atoms with van der Waals surface area (Å²) in [6.45, 7) is 2.19. The van der Waals surface area contributed by atoms with Gasteiger partial charge in [0.2, 0.25) is 5.91 Å². The number of aromatic nitrogens is 1. The number of hydrogen-bond donors (Lipinski definition) is 1. The highest BCUT2D eigenvalue weighted by molar-refractivity contribution is 6.30. The Balaban J connectivity index is 1.57. The van der Waals surface area contributed by atoms with Crippen LogP contribution in [-0.4, -0.2) is 28.0 Å². The van der Waals surface area contributed by atoms with Gasteiger partial charge in [-0.25, -0.2) is 0 Å². The molecule has 0 spiro atoms. The number of carbonyl (C=O) groups is 2. The van der Waals surface area contributed by atoms with Gasteiger partial charge in [0.15, 0.2) is 5.58 Å². The van der Waals surface area contributed by atoms with Crippen molar-refractivity contribution in [2.24, 2.45) is 0 Å². The lowest BCUT2D eigenvalue weighted by Crippen LogP contribution is -2.65. The molecule has 2 aromatic heterocycles. The molecule has 31 heavy (non-hydrogen) atoms. The van der Waals surface area contributed by atoms with Crippen molar-refractivity contribution < 1.29 is 14.0 Å². The van der Waals surface area contributed by atoms with Gasteiger partial charge in [0, 0.05) is 28.9 Å². The summed E-state index contributed by atoms with van der Waals surface area (Å²) in [4.78, 5) is 29.0. The lowest BCUT2D eigenvalue weighted by Gasteiger charge is -2.44. The first-order valence-electron chi connectivity index (χ1n) is 11.0. The SMILES string of the molecule is CC1(C(=O)NC2CCCCCC2)Cn2c(cc3occc32)C(=O)N1c1ccc(Cl)cc1. The predicted molar refractivity (Wildman–Crippen MR) is 121 cm³/mol. The topological polar surface area (TPSA) is 67.5 Å². The highest BCUT2D eigenvalue weighted by atomic mass is 35.5. The van der Waals surface area contributed by atoms with Gasteiger partial charge in [0.05, 0.1) is 18.3 Å². The number of halogens is 1. The minimum atomic E-state index is -1.09. The second-order valence-corrected chi connectivity index (χ2v) is 9.28. The highest BCUT2D eigenvalue weighted by Crippen LogP contribution is 2.36. The molecule has 0 saturated heterocycles. The number of anilines is 1. The smallest absolute Gasteiger partial charge is 0.276 e. The zero-order chi connectivity index (χ0) is 21.6. The van der Waals surface area contributed by atoms with E-state index in [0.29, 0.717) is 28.5 Å². The number of carbonyl (C=O) groups excluding carboxylic acids is 2. The third kappa shape index (κ3) is 3.43. The van der Waals surface area contributed by atoms with Gasteiger partial charge < -0.3 is 14.3 Å². The molecule has 7 heteroatoms. The molecule has 3 aromatic rings. The number of benzene rings is 1. The Bertz CT molecular complexity index is 1120. The maximum atomic E-state index is 13.7. The summed E-state index contributed by atoms with van der Waals surface area (Å²) in [6.07, 6.45) is 8.25. The van der Waals surface area contributed by atoms with Crippen molar-refractivity contribution in [2.45, 2.75) is 63.6 Å². The van der Waals surface area contributed by atoms with Crippen LogP contribution < -0.4 is 10.2 Å². The molecule has 0 radical (unpaired) electrons. The van der Waals surface area contributed by atoms with Crippen molar-refractivity contribution in [1.82, 2.24) is 9.88 Å². The Morgan fingerprint density at radius 2 is 1.84 bits per heavy atom. The Kier molecular flexibility index (Phi) is 5.05. The summed E-state index contributed by atoms with van der Waals surface area (Å²) >= 11 is 6.09. The van der Waals surface area contributed by atoms with Crippen LogP contribution in [0, 0.1) is 0 Å². The van der Waals surface area contributed by atoms with E-state index >= 15 is 0 Å². The summed E-state index contributed by atoms with van der Waals surface area (Å²) in [5.74, 6) is -0.350. The number of amides is 2. The van der Waals surface area contributed by atoms with Gasteiger partial charge in [-0.3, -0.25) is 14.5 Å². The number of hydrogen-bond acceptors (Lipinski definition) is 3. The molecular formula is C24H26ClN3O3. The van der Waals surface area contributed by atoms with Crippen LogP contribution in [0.4, 0.5) is 5.69 Å². The van der Waals surface area contributed by atoms with Crippen molar-refractivity contribution in [3.05, 3.63) is 53.4 Å². The third-order valence-corrected chi connectivity index (χ3v) is 6.92. The Labute approximate surface area is 186 Å². The van der Waals surface area contributed by atoms with Gasteiger partial charge in [-0.05, 0) is 44.0 Å². The Morgan fingerprint density at radius 1 is 1.13 bits per heavy atom. The number of nitrogens with zero attached hydrogens (tertiary/aromatic N) is 2. The maximum Gasteiger partial charge on any atom is 0.276 e. The summed E-state index contributed by atoms with van der Waals surface area (Å²) in [6, 6.07) is 10.8. The molecule has 2 aliphatic rings. The first kappa shape index (κ1) is 20.2. The van der Waals surface area contributed by atoms with Crippen LogP contribution in [0.25, 0.3) is 11.1 Å². The van der Waals surface area contributed by atoms with E-state index in [4.69, 9.17) is 16.0 Å². The van der Waals surface area contributed by atoms with Crippen LogP contribution in [-0.2, 0) is 11.3 Å². The summed E-state index contributed by atoms with van der Waals surface area (Å²) in [5.41, 5.74) is 1.55. The van der Waals surface area contributed by atoms with Crippen LogP contribution >= 0.6 is 11.6 Å². The molecule has 6 nitrogen and oxygen atoms in total. The molecule has 3 heterocycles. The molecule has 1 unspecified atom stereocenters. The summed E-state index contributed by atoms with van der Waals surface area (Å²) < 4.78 is 7.43. The van der Waals surface area contributed by atoms with Crippen molar-refractivity contribution in [3.63, 3.8) is 0 Å². The average Bonchev–Trinajstić information content (AvgIpc) is 3.24. The quantitative estimate of drug-likeness (QED) is 0.574. The number of fused-ring (bicyclic) bond motifs is 3. The maximum absolute atomic E-state index is 13.7. The molecule has 5 rings (SSSR count). The van der Waals surface area contributed by atoms with Crippen LogP contribution in [0.2, 0.25) is 5.02 Å². The first-order valence-corrected chi connectivity index (χ1v) is 11.3. The number of furan rings is 1. The Hall–Kier alpha value is -2.73. The van der Waals surface area contributed by atoms with Crippen LogP contribution in [0.5, 0.6) is 0 Å². The van der Waals surface area contributed by atoms with Crippen molar-refractivity contribution in [3.8, 4) is 0 Å². The lowest BCUT2D eigenvalue weighted by atomic mass is 9.92. The zero-order valence-electron chi connectivity index (χ0n) is 17.6. The van der Waals surface area contributed by atoms with E-state index in [1.165, 1.54) is 12.8 Å². The molecule has 1 N–H and O–H groups in total. The predicted octanol–water partition coefficient (Wildman–Crippen LogP) is 5.15. The molecule has 1 fully saturated rings. The molecule has 1 aliphatic carbocycles. The van der Waals surface area contributed by atoms with Gasteiger partial charge in [0.25, 0.3) is 5.91 Å². The molecule has 1 saturated carbocycles. The van der Waals surface area contributed by atoms with E-state index in [1.807, 2.05) is 17.6 Å². The average molecular weight is 440 g/mol. The molecule has 1 aromatic carbocycles. The molecule has 0 bridgehead atoms. The summed E-state index contributed by atoms with van der Waals surface area (Å²) in [7, 11) is 0. The largest absolute Gasteiger partial charge is 0.463 e. The Morgan fingerprint density at radius 3 is 2.55 bits per heavy atom. The van der Waals surface area contributed by atoms with E-state index < -0.39 is 5.54 Å². The van der Waals surface area contributed by atoms with Crippen LogP contribution in [0.15, 0.2) is 47.1 Å². The van der Waals surface area contributed by atoms with Gasteiger partial charge in [0.1, 0.15) is 11.2 Å². The first-order chi connectivity index (χ1) is 15.0. The minimum Gasteiger partial charge on any atom is -0.463 e. The molecule has 1 atom stereocenters. The normalized spacial score (nSPS) is 22.4. The minimum absolute atomic E-state index is 0.126. The monoisotopic (exact) mass is 439 g/mol. The fourth-order valence-corrected chi connectivity index (χ4v) is 5.10. The second-order valence-electron chi connectivity index (χ2n) is 8.84. The molecule has 162 valence electrons. The standard InChI is InChI=1S/C24H26ClN3O3/c1-24(23(30)26-17-6-4-2-3-5-7-17)15-27-19-12-13-31-21(19)14-20(27)22(29)28(24)18-10-8-16(25)9-11-18/h8-14,17H,2-7,15H2,1H3,(H,26,30). The second kappa shape index (κ2) is 7.75. The fraction of sp³-hybridized carbons (Fsp3) is 0.417. The van der Waals surface area contributed by atoms with E-state index in [0.717, 1.165) is 31.2 Å².